The molecule has 0 saturated heterocycles. The molecule has 0 unspecified atom stereocenters. The van der Waals surface area contributed by atoms with Crippen LogP contribution in [0, 0.1) is 5.92 Å². The quantitative estimate of drug-likeness (QED) is 0.587. The largest absolute Gasteiger partial charge is 0.492 e. The summed E-state index contributed by atoms with van der Waals surface area (Å²) in [5.74, 6) is 0.394. The topological polar surface area (TPSA) is 81.5 Å². The van der Waals surface area contributed by atoms with Crippen LogP contribution in [-0.4, -0.2) is 41.9 Å². The highest BCUT2D eigenvalue weighted by molar-refractivity contribution is 7.90. The Hall–Kier alpha value is -3.13. The summed E-state index contributed by atoms with van der Waals surface area (Å²) in [5.41, 5.74) is 3.02. The lowest BCUT2D eigenvalue weighted by atomic mass is 10.1. The summed E-state index contributed by atoms with van der Waals surface area (Å²) in [6.45, 7) is 5.23. The van der Waals surface area contributed by atoms with Gasteiger partial charge in [0.2, 0.25) is 0 Å². The molecule has 1 aliphatic heterocycles. The van der Waals surface area contributed by atoms with Crippen LogP contribution in [0.1, 0.15) is 35.5 Å². The predicted octanol–water partition coefficient (Wildman–Crippen LogP) is 3.47. The van der Waals surface area contributed by atoms with Crippen LogP contribution >= 0.6 is 0 Å². The first-order chi connectivity index (χ1) is 14.7. The molecule has 0 atom stereocenters. The highest BCUT2D eigenvalue weighted by atomic mass is 32.2. The van der Waals surface area contributed by atoms with E-state index in [2.05, 4.69) is 5.10 Å². The predicted molar refractivity (Wildman–Crippen MR) is 117 cm³/mol. The van der Waals surface area contributed by atoms with Crippen LogP contribution in [0.3, 0.4) is 0 Å². The number of benzene rings is 2. The third kappa shape index (κ3) is 4.49. The molecule has 1 amide bonds. The van der Waals surface area contributed by atoms with Gasteiger partial charge in [-0.2, -0.15) is 5.10 Å². The van der Waals surface area contributed by atoms with Crippen LogP contribution in [0.25, 0.3) is 5.69 Å². The number of nitrogens with zero attached hydrogens (tertiary/aromatic N) is 3. The minimum absolute atomic E-state index is 0.0962. The fourth-order valence-corrected chi connectivity index (χ4v) is 4.12. The second kappa shape index (κ2) is 8.19. The van der Waals surface area contributed by atoms with E-state index in [9.17, 15) is 13.2 Å². The molecule has 0 N–H and O–H groups in total. The number of carbonyl (C=O) groups excluding carboxylic acids is 1. The lowest BCUT2D eigenvalue weighted by Gasteiger charge is -2.19. The molecule has 1 aromatic heterocycles. The van der Waals surface area contributed by atoms with Gasteiger partial charge in [-0.1, -0.05) is 32.0 Å². The Morgan fingerprint density at radius 3 is 2.52 bits per heavy atom. The second-order valence-corrected chi connectivity index (χ2v) is 10.2. The molecule has 162 valence electrons. The number of hydrogen-bond acceptors (Lipinski definition) is 5. The molecule has 0 radical (unpaired) electrons. The van der Waals surface area contributed by atoms with E-state index in [-0.39, 0.29) is 22.3 Å². The molecule has 4 rings (SSSR count). The number of hydrogen-bond donors (Lipinski definition) is 0. The average molecular weight is 440 g/mol. The van der Waals surface area contributed by atoms with E-state index >= 15 is 0 Å². The summed E-state index contributed by atoms with van der Waals surface area (Å²) < 4.78 is 31.7. The molecule has 0 saturated carbocycles. The van der Waals surface area contributed by atoms with Gasteiger partial charge in [0.1, 0.15) is 5.75 Å². The average Bonchev–Trinajstić information content (AvgIpc) is 3.31. The Morgan fingerprint density at radius 1 is 1.13 bits per heavy atom. The van der Waals surface area contributed by atoms with Crippen molar-refractivity contribution in [3.63, 3.8) is 0 Å². The molecule has 2 heterocycles. The number of sulfone groups is 1. The number of para-hydroxylation sites is 1. The lowest BCUT2D eigenvalue weighted by Crippen LogP contribution is -2.27. The Balaban J connectivity index is 1.60. The SMILES string of the molecule is CC(C)COc1ccc(S(C)(=O)=O)cc1C(=O)N1Cc2cn(-c3ccccc3)nc2C1. The van der Waals surface area contributed by atoms with E-state index < -0.39 is 9.84 Å². The molecule has 7 nitrogen and oxygen atoms in total. The van der Waals surface area contributed by atoms with E-state index in [1.54, 1.807) is 11.0 Å². The Labute approximate surface area is 182 Å². The van der Waals surface area contributed by atoms with Gasteiger partial charge in [-0.05, 0) is 36.2 Å². The van der Waals surface area contributed by atoms with Gasteiger partial charge >= 0.3 is 0 Å². The van der Waals surface area contributed by atoms with Crippen molar-refractivity contribution in [2.75, 3.05) is 12.9 Å². The zero-order valence-electron chi connectivity index (χ0n) is 17.8. The number of amides is 1. The highest BCUT2D eigenvalue weighted by Crippen LogP contribution is 2.29. The maximum atomic E-state index is 13.3. The van der Waals surface area contributed by atoms with E-state index in [1.807, 2.05) is 55.1 Å². The molecule has 1 aliphatic rings. The molecule has 2 aromatic carbocycles. The van der Waals surface area contributed by atoms with Gasteiger partial charge in [-0.3, -0.25) is 4.79 Å². The van der Waals surface area contributed by atoms with Crippen molar-refractivity contribution >= 4 is 15.7 Å². The molecule has 0 aliphatic carbocycles. The monoisotopic (exact) mass is 439 g/mol. The first kappa shape index (κ1) is 21.1. The summed E-state index contributed by atoms with van der Waals surface area (Å²) in [7, 11) is -3.45. The van der Waals surface area contributed by atoms with Crippen molar-refractivity contribution < 1.29 is 17.9 Å². The van der Waals surface area contributed by atoms with Crippen molar-refractivity contribution in [2.24, 2.45) is 5.92 Å². The fourth-order valence-electron chi connectivity index (χ4n) is 3.47. The van der Waals surface area contributed by atoms with Crippen LogP contribution in [-0.2, 0) is 22.9 Å². The zero-order valence-corrected chi connectivity index (χ0v) is 18.6. The second-order valence-electron chi connectivity index (χ2n) is 8.18. The lowest BCUT2D eigenvalue weighted by molar-refractivity contribution is 0.0743. The number of rotatable bonds is 6. The van der Waals surface area contributed by atoms with Crippen LogP contribution in [0.15, 0.2) is 59.6 Å². The number of fused-ring (bicyclic) bond motifs is 1. The maximum Gasteiger partial charge on any atom is 0.258 e. The molecule has 3 aromatic rings. The van der Waals surface area contributed by atoms with Gasteiger partial charge in [-0.25, -0.2) is 13.1 Å². The van der Waals surface area contributed by atoms with Gasteiger partial charge < -0.3 is 9.64 Å². The van der Waals surface area contributed by atoms with Crippen molar-refractivity contribution in [3.05, 3.63) is 71.5 Å². The van der Waals surface area contributed by atoms with E-state index in [0.29, 0.717) is 25.4 Å². The third-order valence-electron chi connectivity index (χ3n) is 5.07. The van der Waals surface area contributed by atoms with Gasteiger partial charge in [0, 0.05) is 24.6 Å². The first-order valence-electron chi connectivity index (χ1n) is 10.1. The minimum Gasteiger partial charge on any atom is -0.492 e. The smallest absolute Gasteiger partial charge is 0.258 e. The number of ether oxygens (including phenoxy) is 1. The standard InChI is InChI=1S/C23H25N3O4S/c1-16(2)15-30-22-10-9-19(31(3,28)29)11-20(22)23(27)25-12-17-13-26(24-21(17)14-25)18-7-5-4-6-8-18/h4-11,13,16H,12,14-15H2,1-3H3. The van der Waals surface area contributed by atoms with Gasteiger partial charge in [-0.15, -0.1) is 0 Å². The molecular formula is C23H25N3O4S. The first-order valence-corrected chi connectivity index (χ1v) is 12.0. The zero-order chi connectivity index (χ0) is 22.2. The van der Waals surface area contributed by atoms with Gasteiger partial charge in [0.15, 0.2) is 9.84 Å². The summed E-state index contributed by atoms with van der Waals surface area (Å²) >= 11 is 0. The van der Waals surface area contributed by atoms with Crippen LogP contribution in [0.2, 0.25) is 0 Å². The maximum absolute atomic E-state index is 13.3. The Kier molecular flexibility index (Phi) is 5.58. The third-order valence-corrected chi connectivity index (χ3v) is 6.18. The summed E-state index contributed by atoms with van der Waals surface area (Å²) in [4.78, 5) is 15.1. The van der Waals surface area contributed by atoms with Crippen LogP contribution < -0.4 is 4.74 Å². The van der Waals surface area contributed by atoms with Crippen molar-refractivity contribution in [3.8, 4) is 11.4 Å². The van der Waals surface area contributed by atoms with Crippen molar-refractivity contribution in [1.82, 2.24) is 14.7 Å². The summed E-state index contributed by atoms with van der Waals surface area (Å²) in [6, 6.07) is 14.2. The Bertz CT molecular complexity index is 1190. The van der Waals surface area contributed by atoms with Gasteiger partial charge in [0.25, 0.3) is 5.91 Å². The van der Waals surface area contributed by atoms with Crippen molar-refractivity contribution in [1.29, 1.82) is 0 Å². The van der Waals surface area contributed by atoms with Gasteiger partial charge in [0.05, 0.1) is 35.0 Å². The number of aromatic nitrogens is 2. The van der Waals surface area contributed by atoms with E-state index in [0.717, 1.165) is 23.2 Å². The molecule has 0 spiro atoms. The molecule has 31 heavy (non-hydrogen) atoms. The minimum atomic E-state index is -3.45. The van der Waals surface area contributed by atoms with E-state index in [1.165, 1.54) is 12.1 Å². The summed E-state index contributed by atoms with van der Waals surface area (Å²) in [6.07, 6.45) is 3.06. The number of carbonyl (C=O) groups is 1. The molecule has 0 fully saturated rings. The van der Waals surface area contributed by atoms with Crippen LogP contribution in [0.4, 0.5) is 0 Å². The molecule has 0 bridgehead atoms. The molecule has 8 heteroatoms. The van der Waals surface area contributed by atoms with Crippen molar-refractivity contribution in [2.45, 2.75) is 31.8 Å². The fraction of sp³-hybridized carbons (Fsp3) is 0.304. The summed E-state index contributed by atoms with van der Waals surface area (Å²) in [5, 5.41) is 4.62. The normalized spacial score (nSPS) is 13.5. The van der Waals surface area contributed by atoms with E-state index in [4.69, 9.17) is 4.74 Å². The highest BCUT2D eigenvalue weighted by Gasteiger charge is 2.30. The van der Waals surface area contributed by atoms with Crippen LogP contribution in [0.5, 0.6) is 5.75 Å². The molecular weight excluding hydrogens is 414 g/mol. The Morgan fingerprint density at radius 2 is 1.87 bits per heavy atom.